The summed E-state index contributed by atoms with van der Waals surface area (Å²) in [5.41, 5.74) is 2.65. The zero-order chi connectivity index (χ0) is 19.6. The van der Waals surface area contributed by atoms with E-state index in [4.69, 9.17) is 4.74 Å². The third-order valence-electron chi connectivity index (χ3n) is 4.83. The van der Waals surface area contributed by atoms with Gasteiger partial charge in [-0.25, -0.2) is 4.98 Å². The van der Waals surface area contributed by atoms with Crippen LogP contribution in [0.4, 0.5) is 18.9 Å². The van der Waals surface area contributed by atoms with E-state index < -0.39 is 11.7 Å². The number of pyridine rings is 1. The van der Waals surface area contributed by atoms with Crippen LogP contribution in [-0.4, -0.2) is 24.2 Å². The molecule has 3 aromatic rings. The molecular formula is C22H19F3N2O. The van der Waals surface area contributed by atoms with E-state index in [-0.39, 0.29) is 12.0 Å². The van der Waals surface area contributed by atoms with Gasteiger partial charge in [-0.05, 0) is 17.7 Å². The normalized spacial score (nSPS) is 17.0. The van der Waals surface area contributed by atoms with Crippen LogP contribution in [0.25, 0.3) is 11.1 Å². The molecule has 1 fully saturated rings. The molecule has 3 nitrogen and oxygen atoms in total. The van der Waals surface area contributed by atoms with Crippen LogP contribution in [0.15, 0.2) is 72.9 Å². The van der Waals surface area contributed by atoms with Crippen molar-refractivity contribution in [1.29, 1.82) is 0 Å². The Morgan fingerprint density at radius 2 is 1.68 bits per heavy atom. The molecule has 1 unspecified atom stereocenters. The van der Waals surface area contributed by atoms with Crippen LogP contribution < -0.4 is 9.64 Å². The molecule has 2 aromatic carbocycles. The molecule has 4 rings (SSSR count). The predicted octanol–water partition coefficient (Wildman–Crippen LogP) is 5.43. The van der Waals surface area contributed by atoms with Gasteiger partial charge >= 0.3 is 6.18 Å². The molecule has 2 heterocycles. The summed E-state index contributed by atoms with van der Waals surface area (Å²) in [6.07, 6.45) is -2.91. The van der Waals surface area contributed by atoms with E-state index >= 15 is 0 Å². The average Bonchev–Trinajstić information content (AvgIpc) is 3.17. The number of alkyl halides is 3. The Bertz CT molecular complexity index is 927. The number of benzene rings is 2. The van der Waals surface area contributed by atoms with Crippen LogP contribution >= 0.6 is 0 Å². The van der Waals surface area contributed by atoms with Crippen LogP contribution in [0.5, 0.6) is 5.88 Å². The SMILES string of the molecule is FC(F)(F)c1ccc(OC2CCN(c3ccccc3-c3ccccc3)C2)nc1. The molecule has 6 heteroatoms. The first-order chi connectivity index (χ1) is 13.5. The Morgan fingerprint density at radius 1 is 0.929 bits per heavy atom. The number of aromatic nitrogens is 1. The molecule has 28 heavy (non-hydrogen) atoms. The number of ether oxygens (including phenoxy) is 1. The highest BCUT2D eigenvalue weighted by atomic mass is 19.4. The minimum Gasteiger partial charge on any atom is -0.472 e. The van der Waals surface area contributed by atoms with E-state index in [2.05, 4.69) is 34.1 Å². The first-order valence-corrected chi connectivity index (χ1v) is 9.10. The Balaban J connectivity index is 1.47. The lowest BCUT2D eigenvalue weighted by atomic mass is 10.0. The fourth-order valence-electron chi connectivity index (χ4n) is 3.44. The highest BCUT2D eigenvalue weighted by Crippen LogP contribution is 2.33. The van der Waals surface area contributed by atoms with Gasteiger partial charge in [-0.2, -0.15) is 13.2 Å². The number of hydrogen-bond acceptors (Lipinski definition) is 3. The quantitative estimate of drug-likeness (QED) is 0.600. The van der Waals surface area contributed by atoms with Gasteiger partial charge in [0, 0.05) is 36.5 Å². The highest BCUT2D eigenvalue weighted by molar-refractivity contribution is 5.78. The second kappa shape index (κ2) is 7.54. The van der Waals surface area contributed by atoms with E-state index in [1.165, 1.54) is 6.07 Å². The van der Waals surface area contributed by atoms with Gasteiger partial charge in [-0.3, -0.25) is 0 Å². The average molecular weight is 384 g/mol. The monoisotopic (exact) mass is 384 g/mol. The van der Waals surface area contributed by atoms with Crippen molar-refractivity contribution in [1.82, 2.24) is 4.98 Å². The topological polar surface area (TPSA) is 25.4 Å². The number of para-hydroxylation sites is 1. The van der Waals surface area contributed by atoms with Crippen molar-refractivity contribution >= 4 is 5.69 Å². The Kier molecular flexibility index (Phi) is 4.94. The Morgan fingerprint density at radius 3 is 2.39 bits per heavy atom. The molecule has 0 N–H and O–H groups in total. The summed E-state index contributed by atoms with van der Waals surface area (Å²) < 4.78 is 43.8. The lowest BCUT2D eigenvalue weighted by Crippen LogP contribution is -2.25. The van der Waals surface area contributed by atoms with Crippen molar-refractivity contribution in [2.75, 3.05) is 18.0 Å². The maximum Gasteiger partial charge on any atom is 0.417 e. The summed E-state index contributed by atoms with van der Waals surface area (Å²) in [4.78, 5) is 6.06. The number of rotatable bonds is 4. The van der Waals surface area contributed by atoms with Crippen molar-refractivity contribution in [2.45, 2.75) is 18.7 Å². The summed E-state index contributed by atoms with van der Waals surface area (Å²) >= 11 is 0. The Labute approximate surface area is 161 Å². The summed E-state index contributed by atoms with van der Waals surface area (Å²) in [5, 5.41) is 0. The van der Waals surface area contributed by atoms with E-state index in [9.17, 15) is 13.2 Å². The van der Waals surface area contributed by atoms with Crippen molar-refractivity contribution in [3.05, 3.63) is 78.5 Å². The summed E-state index contributed by atoms with van der Waals surface area (Å²) in [7, 11) is 0. The van der Waals surface area contributed by atoms with Gasteiger partial charge in [-0.1, -0.05) is 48.5 Å². The van der Waals surface area contributed by atoms with Crippen LogP contribution in [-0.2, 0) is 6.18 Å². The molecule has 144 valence electrons. The van der Waals surface area contributed by atoms with Gasteiger partial charge in [0.25, 0.3) is 0 Å². The molecule has 0 amide bonds. The van der Waals surface area contributed by atoms with Crippen molar-refractivity contribution in [3.8, 4) is 17.0 Å². The predicted molar refractivity (Wildman–Crippen MR) is 102 cm³/mol. The molecule has 0 aliphatic carbocycles. The van der Waals surface area contributed by atoms with Crippen molar-refractivity contribution in [2.24, 2.45) is 0 Å². The largest absolute Gasteiger partial charge is 0.472 e. The smallest absolute Gasteiger partial charge is 0.417 e. The van der Waals surface area contributed by atoms with Gasteiger partial charge in [0.15, 0.2) is 0 Å². The summed E-state index contributed by atoms with van der Waals surface area (Å²) in [6, 6.07) is 20.7. The van der Waals surface area contributed by atoms with Crippen LogP contribution in [0, 0.1) is 0 Å². The molecule has 1 saturated heterocycles. The Hall–Kier alpha value is -3.02. The maximum absolute atomic E-state index is 12.7. The standard InChI is InChI=1S/C22H19F3N2O/c23-22(24,25)17-10-11-21(26-14-17)28-18-12-13-27(15-18)20-9-5-4-8-19(20)16-6-2-1-3-7-16/h1-11,14,18H,12-13,15H2. The fraction of sp³-hybridized carbons (Fsp3) is 0.227. The van der Waals surface area contributed by atoms with Crippen molar-refractivity contribution < 1.29 is 17.9 Å². The van der Waals surface area contributed by atoms with Crippen LogP contribution in [0.2, 0.25) is 0 Å². The minimum atomic E-state index is -4.39. The second-order valence-corrected chi connectivity index (χ2v) is 6.74. The molecule has 0 spiro atoms. The van der Waals surface area contributed by atoms with Crippen LogP contribution in [0.3, 0.4) is 0 Å². The van der Waals surface area contributed by atoms with Gasteiger partial charge in [0.05, 0.1) is 12.1 Å². The third kappa shape index (κ3) is 3.96. The second-order valence-electron chi connectivity index (χ2n) is 6.74. The molecule has 0 bridgehead atoms. The molecule has 1 aliphatic heterocycles. The zero-order valence-electron chi connectivity index (χ0n) is 15.1. The van der Waals surface area contributed by atoms with Gasteiger partial charge in [0.1, 0.15) is 6.10 Å². The number of halogens is 3. The van der Waals surface area contributed by atoms with Crippen LogP contribution in [0.1, 0.15) is 12.0 Å². The fourth-order valence-corrected chi connectivity index (χ4v) is 3.44. The molecule has 0 saturated carbocycles. The molecule has 1 atom stereocenters. The first kappa shape index (κ1) is 18.3. The highest BCUT2D eigenvalue weighted by Gasteiger charge is 2.31. The zero-order valence-corrected chi connectivity index (χ0v) is 15.1. The maximum atomic E-state index is 12.7. The van der Waals surface area contributed by atoms with Gasteiger partial charge in [-0.15, -0.1) is 0 Å². The third-order valence-corrected chi connectivity index (χ3v) is 4.83. The molecule has 1 aromatic heterocycles. The van der Waals surface area contributed by atoms with E-state index in [1.54, 1.807) is 0 Å². The lowest BCUT2D eigenvalue weighted by Gasteiger charge is -2.22. The molecule has 0 radical (unpaired) electrons. The summed E-state index contributed by atoms with van der Waals surface area (Å²) in [6.45, 7) is 1.47. The van der Waals surface area contributed by atoms with E-state index in [0.717, 1.165) is 42.0 Å². The van der Waals surface area contributed by atoms with Gasteiger partial charge < -0.3 is 9.64 Å². The first-order valence-electron chi connectivity index (χ1n) is 9.10. The number of nitrogens with zero attached hydrogens (tertiary/aromatic N) is 2. The summed E-state index contributed by atoms with van der Waals surface area (Å²) in [5.74, 6) is 0.219. The number of anilines is 1. The number of hydrogen-bond donors (Lipinski definition) is 0. The van der Waals surface area contributed by atoms with E-state index in [1.807, 2.05) is 30.3 Å². The van der Waals surface area contributed by atoms with E-state index in [0.29, 0.717) is 6.54 Å². The van der Waals surface area contributed by atoms with Crippen molar-refractivity contribution in [3.63, 3.8) is 0 Å². The lowest BCUT2D eigenvalue weighted by molar-refractivity contribution is -0.137. The molecule has 1 aliphatic rings. The molecular weight excluding hydrogens is 365 g/mol. The van der Waals surface area contributed by atoms with Gasteiger partial charge in [0.2, 0.25) is 5.88 Å². The minimum absolute atomic E-state index is 0.118.